The summed E-state index contributed by atoms with van der Waals surface area (Å²) in [5, 5.41) is 3.64. The average Bonchev–Trinajstić information content (AvgIpc) is 2.78. The van der Waals surface area contributed by atoms with E-state index in [9.17, 15) is 18.0 Å². The maximum Gasteiger partial charge on any atom is 0.435 e. The highest BCUT2D eigenvalue weighted by molar-refractivity contribution is 5.95. The van der Waals surface area contributed by atoms with Gasteiger partial charge >= 0.3 is 6.18 Å². The summed E-state index contributed by atoms with van der Waals surface area (Å²) in [5.41, 5.74) is 0.302. The number of benzene rings is 1. The van der Waals surface area contributed by atoms with E-state index in [1.54, 1.807) is 31.2 Å². The van der Waals surface area contributed by atoms with E-state index >= 15 is 0 Å². The van der Waals surface area contributed by atoms with Crippen molar-refractivity contribution in [3.8, 4) is 11.1 Å². The lowest BCUT2D eigenvalue weighted by Gasteiger charge is -2.21. The zero-order valence-corrected chi connectivity index (χ0v) is 15.8. The van der Waals surface area contributed by atoms with Crippen molar-refractivity contribution in [2.75, 3.05) is 13.1 Å². The molecule has 1 aliphatic heterocycles. The molecule has 1 fully saturated rings. The number of carbonyl (C=O) groups is 1. The van der Waals surface area contributed by atoms with Gasteiger partial charge in [-0.3, -0.25) is 9.48 Å². The number of likely N-dealkylation sites (tertiary alicyclic amines) is 1. The van der Waals surface area contributed by atoms with E-state index in [1.165, 1.54) is 11.7 Å². The van der Waals surface area contributed by atoms with Crippen molar-refractivity contribution in [1.29, 1.82) is 0 Å². The molecule has 0 N–H and O–H groups in total. The SMILES string of the molecule is Cc1c(-c2cccc(C(=O)N3CCC[C@H](C)CC3)c2)c(C(F)(F)F)nn1C. The highest BCUT2D eigenvalue weighted by Crippen LogP contribution is 2.38. The number of hydrogen-bond acceptors (Lipinski definition) is 2. The maximum absolute atomic E-state index is 13.4. The van der Waals surface area contributed by atoms with Gasteiger partial charge in [-0.2, -0.15) is 18.3 Å². The van der Waals surface area contributed by atoms with E-state index < -0.39 is 11.9 Å². The molecule has 0 bridgehead atoms. The normalized spacial score (nSPS) is 18.4. The number of aromatic nitrogens is 2. The number of alkyl halides is 3. The highest BCUT2D eigenvalue weighted by atomic mass is 19.4. The molecule has 1 atom stereocenters. The molecule has 4 nitrogen and oxygen atoms in total. The van der Waals surface area contributed by atoms with Crippen LogP contribution in [0.4, 0.5) is 13.2 Å². The first kappa shape index (κ1) is 19.5. The summed E-state index contributed by atoms with van der Waals surface area (Å²) in [6.07, 6.45) is -1.56. The van der Waals surface area contributed by atoms with Crippen LogP contribution in [0.25, 0.3) is 11.1 Å². The summed E-state index contributed by atoms with van der Waals surface area (Å²) in [6.45, 7) is 5.15. The molecule has 7 heteroatoms. The molecule has 1 aliphatic rings. The second kappa shape index (κ2) is 7.37. The third kappa shape index (κ3) is 4.01. The van der Waals surface area contributed by atoms with Crippen molar-refractivity contribution < 1.29 is 18.0 Å². The van der Waals surface area contributed by atoms with Crippen LogP contribution in [0.5, 0.6) is 0 Å². The molecule has 3 rings (SSSR count). The minimum atomic E-state index is -4.55. The number of hydrogen-bond donors (Lipinski definition) is 0. The van der Waals surface area contributed by atoms with Crippen LogP contribution in [0.15, 0.2) is 24.3 Å². The molecule has 0 spiro atoms. The molecule has 0 saturated carbocycles. The van der Waals surface area contributed by atoms with Crippen LogP contribution in [-0.4, -0.2) is 33.7 Å². The molecular weight excluding hydrogens is 355 g/mol. The zero-order valence-electron chi connectivity index (χ0n) is 15.8. The molecule has 2 aromatic rings. The van der Waals surface area contributed by atoms with Gasteiger partial charge in [0.2, 0.25) is 0 Å². The second-order valence-corrected chi connectivity index (χ2v) is 7.34. The monoisotopic (exact) mass is 379 g/mol. The molecule has 1 amide bonds. The minimum absolute atomic E-state index is 0.0316. The van der Waals surface area contributed by atoms with Gasteiger partial charge in [0.05, 0.1) is 0 Å². The Balaban J connectivity index is 1.96. The van der Waals surface area contributed by atoms with Crippen molar-refractivity contribution in [2.45, 2.75) is 39.3 Å². The number of aryl methyl sites for hydroxylation is 1. The molecule has 0 unspecified atom stereocenters. The van der Waals surface area contributed by atoms with Crippen LogP contribution < -0.4 is 0 Å². The zero-order chi connectivity index (χ0) is 19.8. The lowest BCUT2D eigenvalue weighted by atomic mass is 10.00. The van der Waals surface area contributed by atoms with Crippen molar-refractivity contribution >= 4 is 5.91 Å². The van der Waals surface area contributed by atoms with Gasteiger partial charge in [-0.05, 0) is 49.8 Å². The third-order valence-corrected chi connectivity index (χ3v) is 5.30. The largest absolute Gasteiger partial charge is 0.435 e. The number of halogens is 3. The second-order valence-electron chi connectivity index (χ2n) is 7.34. The van der Waals surface area contributed by atoms with Gasteiger partial charge in [-0.1, -0.05) is 19.1 Å². The molecule has 27 heavy (non-hydrogen) atoms. The standard InChI is InChI=1S/C20H24F3N3O/c1-13-6-5-10-26(11-9-13)19(27)16-8-4-7-15(12-16)17-14(2)25(3)24-18(17)20(21,22)23/h4,7-8,12-13H,5-6,9-11H2,1-3H3/t13-/m0/s1. The van der Waals surface area contributed by atoms with Gasteiger partial charge in [0.25, 0.3) is 5.91 Å². The van der Waals surface area contributed by atoms with E-state index in [2.05, 4.69) is 12.0 Å². The third-order valence-electron chi connectivity index (χ3n) is 5.30. The lowest BCUT2D eigenvalue weighted by molar-refractivity contribution is -0.140. The summed E-state index contributed by atoms with van der Waals surface area (Å²) in [4.78, 5) is 14.7. The quantitative estimate of drug-likeness (QED) is 0.760. The first-order valence-electron chi connectivity index (χ1n) is 9.19. The smallest absolute Gasteiger partial charge is 0.339 e. The van der Waals surface area contributed by atoms with Crippen molar-refractivity contribution in [1.82, 2.24) is 14.7 Å². The number of rotatable bonds is 2. The van der Waals surface area contributed by atoms with Crippen LogP contribution in [-0.2, 0) is 13.2 Å². The van der Waals surface area contributed by atoms with Gasteiger partial charge in [-0.25, -0.2) is 0 Å². The molecule has 2 heterocycles. The number of amides is 1. The maximum atomic E-state index is 13.4. The van der Waals surface area contributed by atoms with Crippen LogP contribution in [0, 0.1) is 12.8 Å². The molecular formula is C20H24F3N3O. The lowest BCUT2D eigenvalue weighted by Crippen LogP contribution is -2.32. The van der Waals surface area contributed by atoms with Gasteiger partial charge in [0.1, 0.15) is 0 Å². The van der Waals surface area contributed by atoms with E-state index in [-0.39, 0.29) is 11.5 Å². The first-order chi connectivity index (χ1) is 12.7. The first-order valence-corrected chi connectivity index (χ1v) is 9.19. The molecule has 1 aromatic heterocycles. The Morgan fingerprint density at radius 3 is 2.67 bits per heavy atom. The Morgan fingerprint density at radius 1 is 1.22 bits per heavy atom. The van der Waals surface area contributed by atoms with Crippen molar-refractivity contribution in [3.05, 3.63) is 41.2 Å². The Kier molecular flexibility index (Phi) is 5.31. The molecule has 0 aliphatic carbocycles. The van der Waals surface area contributed by atoms with Crippen molar-refractivity contribution in [2.24, 2.45) is 13.0 Å². The summed E-state index contributed by atoms with van der Waals surface area (Å²) >= 11 is 0. The van der Waals surface area contributed by atoms with E-state index in [0.717, 1.165) is 19.3 Å². The highest BCUT2D eigenvalue weighted by Gasteiger charge is 2.38. The van der Waals surface area contributed by atoms with Gasteiger partial charge in [-0.15, -0.1) is 0 Å². The fourth-order valence-corrected chi connectivity index (χ4v) is 3.61. The predicted molar refractivity (Wildman–Crippen MR) is 97.3 cm³/mol. The molecule has 1 saturated heterocycles. The average molecular weight is 379 g/mol. The molecule has 0 radical (unpaired) electrons. The summed E-state index contributed by atoms with van der Waals surface area (Å²) in [6, 6.07) is 6.45. The Labute approximate surface area is 157 Å². The van der Waals surface area contributed by atoms with Crippen LogP contribution in [0.1, 0.15) is 47.9 Å². The van der Waals surface area contributed by atoms with Gasteiger partial charge in [0, 0.05) is 37.0 Å². The Morgan fingerprint density at radius 2 is 1.96 bits per heavy atom. The Hall–Kier alpha value is -2.31. The van der Waals surface area contributed by atoms with Gasteiger partial charge in [0.15, 0.2) is 5.69 Å². The van der Waals surface area contributed by atoms with Crippen molar-refractivity contribution in [3.63, 3.8) is 0 Å². The number of carbonyl (C=O) groups excluding carboxylic acids is 1. The summed E-state index contributed by atoms with van der Waals surface area (Å²) in [7, 11) is 1.49. The summed E-state index contributed by atoms with van der Waals surface area (Å²) < 4.78 is 41.4. The minimum Gasteiger partial charge on any atom is -0.339 e. The molecule has 146 valence electrons. The number of nitrogens with zero attached hydrogens (tertiary/aromatic N) is 3. The fraction of sp³-hybridized carbons (Fsp3) is 0.500. The molecule has 1 aromatic carbocycles. The van der Waals surface area contributed by atoms with Crippen LogP contribution >= 0.6 is 0 Å². The van der Waals surface area contributed by atoms with E-state index in [1.807, 2.05) is 4.90 Å². The summed E-state index contributed by atoms with van der Waals surface area (Å²) in [5.74, 6) is 0.461. The van der Waals surface area contributed by atoms with Crippen LogP contribution in [0.2, 0.25) is 0 Å². The predicted octanol–water partition coefficient (Wildman–Crippen LogP) is 4.68. The fourth-order valence-electron chi connectivity index (χ4n) is 3.61. The van der Waals surface area contributed by atoms with E-state index in [0.29, 0.717) is 35.8 Å². The van der Waals surface area contributed by atoms with Crippen LogP contribution in [0.3, 0.4) is 0 Å². The topological polar surface area (TPSA) is 38.1 Å². The van der Waals surface area contributed by atoms with E-state index in [4.69, 9.17) is 0 Å². The Bertz CT molecular complexity index is 841. The van der Waals surface area contributed by atoms with Gasteiger partial charge < -0.3 is 4.90 Å².